The van der Waals surface area contributed by atoms with E-state index in [9.17, 15) is 0 Å². The molecule has 0 spiro atoms. The molecule has 0 aliphatic heterocycles. The van der Waals surface area contributed by atoms with E-state index in [0.717, 1.165) is 0 Å². The molecule has 1 radical (unpaired) electrons. The Morgan fingerprint density at radius 1 is 1.00 bits per heavy atom. The molecule has 0 saturated heterocycles. The van der Waals surface area contributed by atoms with Gasteiger partial charge in [0.2, 0.25) is 0 Å². The van der Waals surface area contributed by atoms with Crippen LogP contribution in [-0.2, 0) is 32.7 Å². The summed E-state index contributed by atoms with van der Waals surface area (Å²) >= 11 is 0. The van der Waals surface area contributed by atoms with Crippen LogP contribution >= 0.6 is 0 Å². The van der Waals surface area contributed by atoms with Gasteiger partial charge < -0.3 is 13.8 Å². The van der Waals surface area contributed by atoms with Crippen LogP contribution in [0.4, 0.5) is 0 Å². The van der Waals surface area contributed by atoms with Gasteiger partial charge in [-0.05, 0) is 0 Å². The first-order valence-electron chi connectivity index (χ1n) is 2.15. The van der Waals surface area contributed by atoms with Crippen molar-refractivity contribution in [3.05, 3.63) is 13.8 Å². The fourth-order valence-electron chi connectivity index (χ4n) is 0. The molecule has 53 valence electrons. The van der Waals surface area contributed by atoms with Gasteiger partial charge >= 0.3 is 0 Å². The van der Waals surface area contributed by atoms with Crippen molar-refractivity contribution in [1.29, 1.82) is 0 Å². The molecule has 0 aliphatic rings. The van der Waals surface area contributed by atoms with E-state index >= 15 is 0 Å². The van der Waals surface area contributed by atoms with Crippen LogP contribution in [0.5, 0.6) is 0 Å². The zero-order valence-electron chi connectivity index (χ0n) is 6.15. The molecule has 0 rings (SSSR count). The maximum Gasteiger partial charge on any atom is 0 e. The van der Waals surface area contributed by atoms with Crippen LogP contribution in [0.25, 0.3) is 0 Å². The maximum atomic E-state index is 2.00. The monoisotopic (exact) mass is 193 g/mol. The van der Waals surface area contributed by atoms with Crippen LogP contribution in [0.3, 0.4) is 0 Å². The molecule has 0 unspecified atom stereocenters. The Kier molecular flexibility index (Phi) is 410. The standard InChI is InChI=1S/C3H7.C2H6.CH4.CH3.Y/c1-3-2;1-2;;;/h3H,1-2H3;1-2H3;1H4;1H3;/q-1;;;-1;. The van der Waals surface area contributed by atoms with Crippen molar-refractivity contribution in [2.24, 2.45) is 0 Å². The Balaban J connectivity index is -0.00000000567. The fraction of sp³-hybridized carbons (Fsp3) is 0.714. The fourth-order valence-corrected chi connectivity index (χ4v) is 0. The van der Waals surface area contributed by atoms with Crippen LogP contribution in [-0.4, -0.2) is 0 Å². The van der Waals surface area contributed by atoms with Gasteiger partial charge in [-0.15, -0.1) is 0 Å². The Morgan fingerprint density at radius 3 is 1.00 bits per heavy atom. The number of hydrogen-bond acceptors (Lipinski definition) is 0. The van der Waals surface area contributed by atoms with E-state index in [4.69, 9.17) is 0 Å². The summed E-state index contributed by atoms with van der Waals surface area (Å²) in [6, 6.07) is 0. The van der Waals surface area contributed by atoms with E-state index in [1.165, 1.54) is 0 Å². The van der Waals surface area contributed by atoms with Crippen molar-refractivity contribution >= 4 is 0 Å². The smallest absolute Gasteiger partial charge is 0 e. The van der Waals surface area contributed by atoms with Crippen LogP contribution in [0.2, 0.25) is 0 Å². The van der Waals surface area contributed by atoms with Crippen molar-refractivity contribution in [3.8, 4) is 0 Å². The molecular weight excluding hydrogens is 173 g/mol. The summed E-state index contributed by atoms with van der Waals surface area (Å²) in [4.78, 5) is 0. The predicted molar refractivity (Wildman–Crippen MR) is 40.1 cm³/mol. The third-order valence-electron chi connectivity index (χ3n) is 0. The molecule has 8 heavy (non-hydrogen) atoms. The quantitative estimate of drug-likeness (QED) is 0.517. The van der Waals surface area contributed by atoms with E-state index < -0.39 is 0 Å². The largest absolute Gasteiger partial charge is 0.358 e. The first kappa shape index (κ1) is 35.5. The average Bonchev–Trinajstić information content (AvgIpc) is 1.46. The Morgan fingerprint density at radius 2 is 1.00 bits per heavy atom. The van der Waals surface area contributed by atoms with Gasteiger partial charge in [0.1, 0.15) is 0 Å². The van der Waals surface area contributed by atoms with Gasteiger partial charge in [-0.3, -0.25) is 0 Å². The second kappa shape index (κ2) is 92.4. The van der Waals surface area contributed by atoms with Crippen molar-refractivity contribution in [2.45, 2.75) is 35.1 Å². The van der Waals surface area contributed by atoms with E-state index in [1.807, 2.05) is 34.1 Å². The van der Waals surface area contributed by atoms with Crippen molar-refractivity contribution in [2.75, 3.05) is 0 Å². The second-order valence-corrected chi connectivity index (χ2v) is 0.577. The molecule has 0 nitrogen and oxygen atoms in total. The van der Waals surface area contributed by atoms with Gasteiger partial charge in [-0.2, -0.15) is 13.8 Å². The summed E-state index contributed by atoms with van der Waals surface area (Å²) in [7, 11) is 0. The molecule has 0 aliphatic carbocycles. The number of hydrogen-bond donors (Lipinski definition) is 0. The molecule has 0 aromatic rings. The minimum absolute atomic E-state index is 0. The number of rotatable bonds is 0. The normalized spacial score (nSPS) is 3.00. The van der Waals surface area contributed by atoms with Crippen LogP contribution in [0.1, 0.15) is 35.1 Å². The summed E-state index contributed by atoms with van der Waals surface area (Å²) in [5.74, 6) is 0. The van der Waals surface area contributed by atoms with Gasteiger partial charge in [-0.1, -0.05) is 21.3 Å². The Bertz CT molecular complexity index is 4.35. The minimum Gasteiger partial charge on any atom is -0.358 e. The second-order valence-electron chi connectivity index (χ2n) is 0.577. The predicted octanol–water partition coefficient (Wildman–Crippen LogP) is 3.34. The van der Waals surface area contributed by atoms with Crippen molar-refractivity contribution in [1.82, 2.24) is 0 Å². The maximum absolute atomic E-state index is 2.00. The van der Waals surface area contributed by atoms with Crippen LogP contribution in [0, 0.1) is 13.8 Å². The summed E-state index contributed by atoms with van der Waals surface area (Å²) in [6.07, 6.45) is 2.00. The Labute approximate surface area is 81.3 Å². The minimum atomic E-state index is 0. The molecule has 0 heterocycles. The van der Waals surface area contributed by atoms with Crippen LogP contribution < -0.4 is 0 Å². The molecule has 0 amide bonds. The SMILES string of the molecule is C.CC.C[CH-]C.[CH3-].[Y]. The molecular formula is C7H20Y-2. The molecule has 0 N–H and O–H groups in total. The van der Waals surface area contributed by atoms with Crippen LogP contribution in [0.15, 0.2) is 0 Å². The summed E-state index contributed by atoms with van der Waals surface area (Å²) in [6.45, 7) is 8.00. The topological polar surface area (TPSA) is 0 Å². The summed E-state index contributed by atoms with van der Waals surface area (Å²) < 4.78 is 0. The third-order valence-corrected chi connectivity index (χ3v) is 0. The van der Waals surface area contributed by atoms with E-state index in [0.29, 0.717) is 0 Å². The third kappa shape index (κ3) is 217. The van der Waals surface area contributed by atoms with E-state index in [-0.39, 0.29) is 47.6 Å². The average molecular weight is 193 g/mol. The molecule has 0 aromatic heterocycles. The zero-order valence-corrected chi connectivity index (χ0v) is 8.99. The van der Waals surface area contributed by atoms with Crippen molar-refractivity contribution < 1.29 is 32.7 Å². The van der Waals surface area contributed by atoms with E-state index in [2.05, 4.69) is 0 Å². The van der Waals surface area contributed by atoms with Gasteiger partial charge in [-0.25, -0.2) is 0 Å². The first-order valence-corrected chi connectivity index (χ1v) is 2.15. The van der Waals surface area contributed by atoms with Gasteiger partial charge in [0, 0.05) is 32.7 Å². The molecule has 0 fully saturated rings. The van der Waals surface area contributed by atoms with E-state index in [1.54, 1.807) is 0 Å². The van der Waals surface area contributed by atoms with Gasteiger partial charge in [0.05, 0.1) is 0 Å². The summed E-state index contributed by atoms with van der Waals surface area (Å²) in [5.41, 5.74) is 0. The van der Waals surface area contributed by atoms with Crippen molar-refractivity contribution in [3.63, 3.8) is 0 Å². The zero-order chi connectivity index (χ0) is 4.71. The molecule has 0 saturated carbocycles. The Hall–Kier alpha value is 1.10. The molecule has 0 bridgehead atoms. The first-order chi connectivity index (χ1) is 2.41. The van der Waals surface area contributed by atoms with Gasteiger partial charge in [0.15, 0.2) is 0 Å². The molecule has 1 heteroatoms. The molecule has 0 atom stereocenters. The van der Waals surface area contributed by atoms with Gasteiger partial charge in [0.25, 0.3) is 0 Å². The summed E-state index contributed by atoms with van der Waals surface area (Å²) in [5, 5.41) is 0. The molecule has 0 aromatic carbocycles.